The average Bonchev–Trinajstić information content (AvgIpc) is 1.97. The maximum Gasteiger partial charge on any atom is 0.131 e. The van der Waals surface area contributed by atoms with E-state index < -0.39 is 5.67 Å². The van der Waals surface area contributed by atoms with Gasteiger partial charge in [-0.2, -0.15) is 0 Å². The summed E-state index contributed by atoms with van der Waals surface area (Å²) in [6.07, 6.45) is 0.776. The van der Waals surface area contributed by atoms with Gasteiger partial charge in [-0.1, -0.05) is 28.1 Å². The predicted octanol–water partition coefficient (Wildman–Crippen LogP) is 3.93. The highest BCUT2D eigenvalue weighted by molar-refractivity contribution is 9.10. The van der Waals surface area contributed by atoms with Crippen LogP contribution in [-0.2, 0) is 12.1 Å². The van der Waals surface area contributed by atoms with Gasteiger partial charge in [-0.15, -0.1) is 0 Å². The van der Waals surface area contributed by atoms with Crippen molar-refractivity contribution < 1.29 is 4.39 Å². The maximum atomic E-state index is 13.8. The van der Waals surface area contributed by atoms with Crippen molar-refractivity contribution in [2.75, 3.05) is 0 Å². The molecule has 0 saturated heterocycles. The Bertz CT molecular complexity index is 374. The third-order valence-corrected chi connectivity index (χ3v) is 2.99. The summed E-state index contributed by atoms with van der Waals surface area (Å²) in [4.78, 5) is 0. The van der Waals surface area contributed by atoms with Gasteiger partial charge in [0.25, 0.3) is 0 Å². The van der Waals surface area contributed by atoms with Gasteiger partial charge in [0.1, 0.15) is 5.67 Å². The lowest BCUT2D eigenvalue weighted by atomic mass is 9.93. The summed E-state index contributed by atoms with van der Waals surface area (Å²) in [6, 6.07) is 5.71. The first-order chi connectivity index (χ1) is 7.09. The molecule has 0 radical (unpaired) electrons. The van der Waals surface area contributed by atoms with Crippen molar-refractivity contribution in [3.63, 3.8) is 0 Å². The zero-order valence-electron chi connectivity index (χ0n) is 10.3. The van der Waals surface area contributed by atoms with Crippen molar-refractivity contribution in [1.29, 1.82) is 0 Å². The summed E-state index contributed by atoms with van der Waals surface area (Å²) < 4.78 is 14.6. The van der Waals surface area contributed by atoms with Gasteiger partial charge in [-0.25, -0.2) is 4.39 Å². The van der Waals surface area contributed by atoms with E-state index in [2.05, 4.69) is 15.9 Å². The number of benzene rings is 1. The molecule has 0 aromatic heterocycles. The summed E-state index contributed by atoms with van der Waals surface area (Å²) >= 11 is 3.41. The van der Waals surface area contributed by atoms with Gasteiger partial charge in [0, 0.05) is 15.6 Å². The molecule has 0 amide bonds. The molecule has 0 aliphatic carbocycles. The Hall–Kier alpha value is -0.410. The van der Waals surface area contributed by atoms with Crippen molar-refractivity contribution in [2.45, 2.75) is 45.3 Å². The third kappa shape index (κ3) is 3.87. The highest BCUT2D eigenvalue weighted by Gasteiger charge is 2.22. The lowest BCUT2D eigenvalue weighted by Crippen LogP contribution is -2.34. The number of hydrogen-bond donors (Lipinski definition) is 1. The first kappa shape index (κ1) is 13.7. The zero-order chi connectivity index (χ0) is 12.6. The molecule has 16 heavy (non-hydrogen) atoms. The Morgan fingerprint density at radius 2 is 1.81 bits per heavy atom. The van der Waals surface area contributed by atoms with Crippen LogP contribution in [0.3, 0.4) is 0 Å². The molecule has 0 spiro atoms. The molecule has 0 unspecified atom stereocenters. The topological polar surface area (TPSA) is 26.0 Å². The normalized spacial score (nSPS) is 12.9. The molecule has 1 nitrogen and oxygen atoms in total. The van der Waals surface area contributed by atoms with Gasteiger partial charge in [-0.3, -0.25) is 0 Å². The average molecular weight is 288 g/mol. The minimum atomic E-state index is -1.32. The maximum absolute atomic E-state index is 13.8. The first-order valence-corrected chi connectivity index (χ1v) is 6.15. The highest BCUT2D eigenvalue weighted by Crippen LogP contribution is 2.32. The van der Waals surface area contributed by atoms with Crippen LogP contribution in [0.1, 0.15) is 38.8 Å². The van der Waals surface area contributed by atoms with Crippen molar-refractivity contribution >= 4 is 15.9 Å². The second-order valence-corrected chi connectivity index (χ2v) is 6.31. The van der Waals surface area contributed by atoms with E-state index >= 15 is 0 Å². The fourth-order valence-corrected chi connectivity index (χ4v) is 2.57. The first-order valence-electron chi connectivity index (χ1n) is 5.36. The molecule has 0 atom stereocenters. The molecule has 90 valence electrons. The molecule has 2 N–H and O–H groups in total. The van der Waals surface area contributed by atoms with Crippen LogP contribution < -0.4 is 5.73 Å². The minimum Gasteiger partial charge on any atom is -0.325 e. The third-order valence-electron chi connectivity index (χ3n) is 2.33. The van der Waals surface area contributed by atoms with Gasteiger partial charge >= 0.3 is 0 Å². The van der Waals surface area contributed by atoms with Crippen LogP contribution in [0.25, 0.3) is 0 Å². The van der Waals surface area contributed by atoms with Crippen LogP contribution in [0.2, 0.25) is 0 Å². The SMILES string of the molecule is CC(C)(N)Cc1ccc(C(C)(C)F)c(Br)c1. The lowest BCUT2D eigenvalue weighted by molar-refractivity contribution is 0.220. The summed E-state index contributed by atoms with van der Waals surface area (Å²) in [5, 5.41) is 0. The van der Waals surface area contributed by atoms with Crippen molar-refractivity contribution in [3.05, 3.63) is 33.8 Å². The fourth-order valence-electron chi connectivity index (χ4n) is 1.68. The Morgan fingerprint density at radius 1 is 1.25 bits per heavy atom. The number of rotatable bonds is 3. The monoisotopic (exact) mass is 287 g/mol. The van der Waals surface area contributed by atoms with E-state index in [0.29, 0.717) is 5.56 Å². The zero-order valence-corrected chi connectivity index (χ0v) is 11.9. The van der Waals surface area contributed by atoms with E-state index in [1.807, 2.05) is 32.0 Å². The van der Waals surface area contributed by atoms with Gasteiger partial charge in [0.15, 0.2) is 0 Å². The van der Waals surface area contributed by atoms with Gasteiger partial charge in [0.05, 0.1) is 0 Å². The van der Waals surface area contributed by atoms with Crippen molar-refractivity contribution in [2.24, 2.45) is 5.73 Å². The fraction of sp³-hybridized carbons (Fsp3) is 0.538. The van der Waals surface area contributed by atoms with Crippen molar-refractivity contribution in [1.82, 2.24) is 0 Å². The number of halogens is 2. The Balaban J connectivity index is 3.01. The van der Waals surface area contributed by atoms with Crippen LogP contribution in [-0.4, -0.2) is 5.54 Å². The van der Waals surface area contributed by atoms with Crippen LogP contribution in [0, 0.1) is 0 Å². The molecule has 1 aromatic carbocycles. The number of nitrogens with two attached hydrogens (primary N) is 1. The van der Waals surface area contributed by atoms with Crippen LogP contribution in [0.15, 0.2) is 22.7 Å². The predicted molar refractivity (Wildman–Crippen MR) is 70.2 cm³/mol. The lowest BCUT2D eigenvalue weighted by Gasteiger charge is -2.21. The van der Waals surface area contributed by atoms with Gasteiger partial charge in [-0.05, 0) is 45.7 Å². The summed E-state index contributed by atoms with van der Waals surface area (Å²) in [6.45, 7) is 7.07. The van der Waals surface area contributed by atoms with E-state index in [1.165, 1.54) is 0 Å². The highest BCUT2D eigenvalue weighted by atomic mass is 79.9. The Labute approximate surface area is 105 Å². The Kier molecular flexibility index (Phi) is 3.80. The van der Waals surface area contributed by atoms with E-state index in [-0.39, 0.29) is 5.54 Å². The molecule has 0 saturated carbocycles. The molecule has 3 heteroatoms. The number of hydrogen-bond acceptors (Lipinski definition) is 1. The van der Waals surface area contributed by atoms with Crippen molar-refractivity contribution in [3.8, 4) is 0 Å². The molecule has 0 heterocycles. The number of alkyl halides is 1. The summed E-state index contributed by atoms with van der Waals surface area (Å²) in [7, 11) is 0. The molecule has 1 aromatic rings. The van der Waals surface area contributed by atoms with Crippen LogP contribution in [0.4, 0.5) is 4.39 Å². The molecule has 0 aliphatic rings. The molecule has 0 fully saturated rings. The standard InChI is InChI=1S/C13H19BrFN/c1-12(2,16)8-9-5-6-10(11(14)7-9)13(3,4)15/h5-7H,8,16H2,1-4H3. The van der Waals surface area contributed by atoms with E-state index in [1.54, 1.807) is 13.8 Å². The second kappa shape index (κ2) is 4.46. The quantitative estimate of drug-likeness (QED) is 0.896. The smallest absolute Gasteiger partial charge is 0.131 e. The second-order valence-electron chi connectivity index (χ2n) is 5.45. The molecule has 0 aliphatic heterocycles. The molecule has 0 bridgehead atoms. The van der Waals surface area contributed by atoms with E-state index in [0.717, 1.165) is 16.5 Å². The minimum absolute atomic E-state index is 0.244. The molecular weight excluding hydrogens is 269 g/mol. The van der Waals surface area contributed by atoms with E-state index in [4.69, 9.17) is 5.73 Å². The molecule has 1 rings (SSSR count). The van der Waals surface area contributed by atoms with Gasteiger partial charge in [0.2, 0.25) is 0 Å². The van der Waals surface area contributed by atoms with E-state index in [9.17, 15) is 4.39 Å². The molecular formula is C13H19BrFN. The summed E-state index contributed by atoms with van der Waals surface area (Å²) in [5.41, 5.74) is 6.17. The largest absolute Gasteiger partial charge is 0.325 e. The Morgan fingerprint density at radius 3 is 2.19 bits per heavy atom. The summed E-state index contributed by atoms with van der Waals surface area (Å²) in [5.74, 6) is 0. The van der Waals surface area contributed by atoms with Crippen LogP contribution in [0.5, 0.6) is 0 Å². The van der Waals surface area contributed by atoms with Crippen LogP contribution >= 0.6 is 15.9 Å². The van der Waals surface area contributed by atoms with Gasteiger partial charge < -0.3 is 5.73 Å².